The maximum atomic E-state index is 12.5. The molecule has 0 amide bonds. The molecule has 1 unspecified atom stereocenters. The summed E-state index contributed by atoms with van der Waals surface area (Å²) in [7, 11) is -3.74. The van der Waals surface area contributed by atoms with Crippen molar-refractivity contribution in [2.24, 2.45) is 0 Å². The van der Waals surface area contributed by atoms with Gasteiger partial charge in [-0.05, 0) is 42.8 Å². The summed E-state index contributed by atoms with van der Waals surface area (Å²) in [5.41, 5.74) is 0.769. The minimum Gasteiger partial charge on any atom is -0.454 e. The van der Waals surface area contributed by atoms with Gasteiger partial charge in [0, 0.05) is 10.5 Å². The molecule has 1 heterocycles. The summed E-state index contributed by atoms with van der Waals surface area (Å²) < 4.78 is 38.9. The molecule has 3 rings (SSSR count). The van der Waals surface area contributed by atoms with Crippen molar-refractivity contribution in [3.63, 3.8) is 0 Å². The van der Waals surface area contributed by atoms with E-state index >= 15 is 0 Å². The number of ether oxygens (including phenoxy) is 2. The van der Waals surface area contributed by atoms with Crippen molar-refractivity contribution in [3.8, 4) is 11.5 Å². The fourth-order valence-corrected chi connectivity index (χ4v) is 4.51. The molecule has 2 aromatic carbocycles. The highest BCUT2D eigenvalue weighted by molar-refractivity contribution is 9.10. The molecule has 0 saturated heterocycles. The molecule has 0 fully saturated rings. The van der Waals surface area contributed by atoms with E-state index in [9.17, 15) is 8.42 Å². The summed E-state index contributed by atoms with van der Waals surface area (Å²) in [5, 5.41) is 0.157. The SMILES string of the molecule is CC(NS(=O)(=O)c1ccc(Br)cc1Cl)c1ccc2c(c1)OCO2. The van der Waals surface area contributed by atoms with Crippen molar-refractivity contribution in [1.82, 2.24) is 4.72 Å². The Bertz CT molecular complexity index is 857. The van der Waals surface area contributed by atoms with Crippen LogP contribution in [0.5, 0.6) is 11.5 Å². The second-order valence-corrected chi connectivity index (χ2v) is 8.04. The summed E-state index contributed by atoms with van der Waals surface area (Å²) in [6.07, 6.45) is 0. The molecule has 0 bridgehead atoms. The Morgan fingerprint density at radius 1 is 1.17 bits per heavy atom. The Balaban J connectivity index is 1.85. The number of fused-ring (bicyclic) bond motifs is 1. The standard InChI is InChI=1S/C15H13BrClNO4S/c1-9(10-2-4-13-14(6-10)22-8-21-13)18-23(19,20)15-5-3-11(16)7-12(15)17/h2-7,9,18H,8H2,1H3. The molecule has 1 atom stereocenters. The first-order valence-electron chi connectivity index (χ1n) is 6.74. The molecule has 0 spiro atoms. The van der Waals surface area contributed by atoms with E-state index in [1.807, 2.05) is 0 Å². The lowest BCUT2D eigenvalue weighted by atomic mass is 10.1. The van der Waals surface area contributed by atoms with Gasteiger partial charge in [0.1, 0.15) is 4.90 Å². The van der Waals surface area contributed by atoms with E-state index in [2.05, 4.69) is 20.7 Å². The van der Waals surface area contributed by atoms with Gasteiger partial charge in [-0.25, -0.2) is 13.1 Å². The van der Waals surface area contributed by atoms with Gasteiger partial charge >= 0.3 is 0 Å². The average Bonchev–Trinajstić information content (AvgIpc) is 2.93. The van der Waals surface area contributed by atoms with Gasteiger partial charge in [0.05, 0.1) is 5.02 Å². The Kier molecular flexibility index (Phi) is 4.55. The lowest BCUT2D eigenvalue weighted by molar-refractivity contribution is 0.174. The van der Waals surface area contributed by atoms with E-state index in [0.717, 1.165) is 5.56 Å². The summed E-state index contributed by atoms with van der Waals surface area (Å²) >= 11 is 9.29. The largest absolute Gasteiger partial charge is 0.454 e. The fraction of sp³-hybridized carbons (Fsp3) is 0.200. The Labute approximate surface area is 147 Å². The molecule has 1 N–H and O–H groups in total. The fourth-order valence-electron chi connectivity index (χ4n) is 2.24. The number of rotatable bonds is 4. The van der Waals surface area contributed by atoms with Crippen molar-refractivity contribution < 1.29 is 17.9 Å². The van der Waals surface area contributed by atoms with Gasteiger partial charge in [-0.3, -0.25) is 0 Å². The monoisotopic (exact) mass is 417 g/mol. The molecule has 0 aromatic heterocycles. The van der Waals surface area contributed by atoms with E-state index in [4.69, 9.17) is 21.1 Å². The van der Waals surface area contributed by atoms with E-state index in [-0.39, 0.29) is 16.7 Å². The number of sulfonamides is 1. The number of hydrogen-bond acceptors (Lipinski definition) is 4. The molecule has 0 aliphatic carbocycles. The van der Waals surface area contributed by atoms with Gasteiger partial charge in [0.25, 0.3) is 0 Å². The van der Waals surface area contributed by atoms with E-state index in [0.29, 0.717) is 16.0 Å². The third kappa shape index (κ3) is 3.47. The average molecular weight is 419 g/mol. The molecular weight excluding hydrogens is 406 g/mol. The first kappa shape index (κ1) is 16.6. The molecule has 2 aromatic rings. The van der Waals surface area contributed by atoms with Crippen LogP contribution in [0.4, 0.5) is 0 Å². The molecule has 5 nitrogen and oxygen atoms in total. The van der Waals surface area contributed by atoms with Gasteiger partial charge in [-0.2, -0.15) is 0 Å². The molecule has 1 aliphatic rings. The maximum absolute atomic E-state index is 12.5. The Morgan fingerprint density at radius 2 is 1.91 bits per heavy atom. The molecule has 8 heteroatoms. The van der Waals surface area contributed by atoms with Crippen LogP contribution in [-0.4, -0.2) is 15.2 Å². The summed E-state index contributed by atoms with van der Waals surface area (Å²) in [4.78, 5) is 0.0370. The highest BCUT2D eigenvalue weighted by atomic mass is 79.9. The molecule has 23 heavy (non-hydrogen) atoms. The smallest absolute Gasteiger partial charge is 0.242 e. The summed E-state index contributed by atoms with van der Waals surface area (Å²) in [6, 6.07) is 9.50. The predicted octanol–water partition coefficient (Wildman–Crippen LogP) is 3.87. The molecule has 122 valence electrons. The van der Waals surface area contributed by atoms with E-state index < -0.39 is 16.1 Å². The van der Waals surface area contributed by atoms with Gasteiger partial charge in [0.2, 0.25) is 16.8 Å². The minimum atomic E-state index is -3.74. The zero-order chi connectivity index (χ0) is 16.6. The number of nitrogens with one attached hydrogen (secondary N) is 1. The highest BCUT2D eigenvalue weighted by Gasteiger charge is 2.23. The van der Waals surface area contributed by atoms with Gasteiger partial charge in [-0.1, -0.05) is 33.6 Å². The normalized spacial score (nSPS) is 14.7. The predicted molar refractivity (Wildman–Crippen MR) is 90.5 cm³/mol. The second-order valence-electron chi connectivity index (χ2n) is 5.03. The van der Waals surface area contributed by atoms with Crippen LogP contribution >= 0.6 is 27.5 Å². The summed E-state index contributed by atoms with van der Waals surface area (Å²) in [6.45, 7) is 1.93. The van der Waals surface area contributed by atoms with Gasteiger partial charge in [-0.15, -0.1) is 0 Å². The summed E-state index contributed by atoms with van der Waals surface area (Å²) in [5.74, 6) is 1.26. The number of hydrogen-bond donors (Lipinski definition) is 1. The van der Waals surface area contributed by atoms with Crippen molar-refractivity contribution >= 4 is 37.6 Å². The highest BCUT2D eigenvalue weighted by Crippen LogP contribution is 2.34. The number of benzene rings is 2. The van der Waals surface area contributed by atoms with Crippen LogP contribution in [-0.2, 0) is 10.0 Å². The van der Waals surface area contributed by atoms with Gasteiger partial charge < -0.3 is 9.47 Å². The van der Waals surface area contributed by atoms with E-state index in [1.54, 1.807) is 37.3 Å². The van der Waals surface area contributed by atoms with Crippen LogP contribution in [0.25, 0.3) is 0 Å². The van der Waals surface area contributed by atoms with Crippen molar-refractivity contribution in [3.05, 3.63) is 51.5 Å². The second kappa shape index (κ2) is 6.32. The molecule has 1 aliphatic heterocycles. The minimum absolute atomic E-state index is 0.0370. The quantitative estimate of drug-likeness (QED) is 0.818. The molecular formula is C15H13BrClNO4S. The zero-order valence-corrected chi connectivity index (χ0v) is 15.2. The lowest BCUT2D eigenvalue weighted by Crippen LogP contribution is -2.27. The Morgan fingerprint density at radius 3 is 2.65 bits per heavy atom. The molecule has 0 radical (unpaired) electrons. The molecule has 0 saturated carbocycles. The lowest BCUT2D eigenvalue weighted by Gasteiger charge is -2.16. The first-order chi connectivity index (χ1) is 10.9. The van der Waals surface area contributed by atoms with Crippen LogP contribution in [0, 0.1) is 0 Å². The van der Waals surface area contributed by atoms with Gasteiger partial charge in [0.15, 0.2) is 11.5 Å². The van der Waals surface area contributed by atoms with Crippen LogP contribution in [0.2, 0.25) is 5.02 Å². The van der Waals surface area contributed by atoms with Crippen LogP contribution in [0.15, 0.2) is 45.8 Å². The number of halogens is 2. The third-order valence-corrected chi connectivity index (χ3v) is 5.93. The van der Waals surface area contributed by atoms with Crippen molar-refractivity contribution in [2.75, 3.05) is 6.79 Å². The van der Waals surface area contributed by atoms with E-state index in [1.165, 1.54) is 6.07 Å². The third-order valence-electron chi connectivity index (χ3n) is 3.41. The Hall–Kier alpha value is -1.28. The van der Waals surface area contributed by atoms with Crippen LogP contribution in [0.1, 0.15) is 18.5 Å². The first-order valence-corrected chi connectivity index (χ1v) is 9.39. The zero-order valence-electron chi connectivity index (χ0n) is 12.0. The maximum Gasteiger partial charge on any atom is 0.242 e. The van der Waals surface area contributed by atoms with Crippen LogP contribution in [0.3, 0.4) is 0 Å². The van der Waals surface area contributed by atoms with Crippen molar-refractivity contribution in [2.45, 2.75) is 17.9 Å². The van der Waals surface area contributed by atoms with Crippen LogP contribution < -0.4 is 14.2 Å². The topological polar surface area (TPSA) is 64.6 Å². The van der Waals surface area contributed by atoms with Crippen molar-refractivity contribution in [1.29, 1.82) is 0 Å².